The van der Waals surface area contributed by atoms with Gasteiger partial charge in [-0.2, -0.15) is 11.8 Å². The molecule has 0 saturated carbocycles. The van der Waals surface area contributed by atoms with Gasteiger partial charge in [0.15, 0.2) is 0 Å². The highest BCUT2D eigenvalue weighted by Gasteiger charge is 2.24. The summed E-state index contributed by atoms with van der Waals surface area (Å²) in [4.78, 5) is 14.6. The molecular formula is C17H19FN2O2S. The molecule has 1 aromatic heterocycles. The minimum Gasteiger partial charge on any atom is -0.472 e. The zero-order chi connectivity index (χ0) is 16.1. The Kier molecular flexibility index (Phi) is 5.35. The molecule has 0 bridgehead atoms. The highest BCUT2D eigenvalue weighted by atomic mass is 32.2. The van der Waals surface area contributed by atoms with Crippen LogP contribution in [0.4, 0.5) is 4.39 Å². The Morgan fingerprint density at radius 2 is 2.17 bits per heavy atom. The van der Waals surface area contributed by atoms with Crippen molar-refractivity contribution in [2.24, 2.45) is 0 Å². The van der Waals surface area contributed by atoms with Gasteiger partial charge in [-0.1, -0.05) is 6.07 Å². The van der Waals surface area contributed by atoms with Gasteiger partial charge < -0.3 is 9.73 Å². The van der Waals surface area contributed by atoms with Gasteiger partial charge in [-0.05, 0) is 24.3 Å². The molecule has 1 aromatic carbocycles. The van der Waals surface area contributed by atoms with Crippen LogP contribution in [0.5, 0.6) is 0 Å². The molecule has 1 amide bonds. The third-order valence-corrected chi connectivity index (χ3v) is 4.90. The highest BCUT2D eigenvalue weighted by Crippen LogP contribution is 2.24. The number of carbonyl (C=O) groups is 1. The van der Waals surface area contributed by atoms with Gasteiger partial charge in [0, 0.05) is 42.3 Å². The maximum absolute atomic E-state index is 13.2. The summed E-state index contributed by atoms with van der Waals surface area (Å²) in [5.41, 5.74) is 1.39. The third-order valence-electron chi connectivity index (χ3n) is 3.96. The minimum absolute atomic E-state index is 0.0761. The number of rotatable bonds is 5. The van der Waals surface area contributed by atoms with Gasteiger partial charge in [0.05, 0.1) is 18.6 Å². The lowest BCUT2D eigenvalue weighted by molar-refractivity contribution is 0.0934. The second-order valence-electron chi connectivity index (χ2n) is 5.44. The number of nitrogens with one attached hydrogen (secondary N) is 1. The molecule has 2 heterocycles. The van der Waals surface area contributed by atoms with Crippen molar-refractivity contribution in [1.29, 1.82) is 0 Å². The van der Waals surface area contributed by atoms with Crippen LogP contribution in [0.3, 0.4) is 0 Å². The van der Waals surface area contributed by atoms with Crippen LogP contribution in [0.2, 0.25) is 0 Å². The lowest BCUT2D eigenvalue weighted by Gasteiger charge is -2.34. The van der Waals surface area contributed by atoms with Crippen LogP contribution in [0.15, 0.2) is 47.3 Å². The Bertz CT molecular complexity index is 642. The van der Waals surface area contributed by atoms with Gasteiger partial charge in [-0.3, -0.25) is 9.69 Å². The summed E-state index contributed by atoms with van der Waals surface area (Å²) in [7, 11) is 0. The fourth-order valence-corrected chi connectivity index (χ4v) is 3.66. The summed E-state index contributed by atoms with van der Waals surface area (Å²) in [6, 6.07) is 7.74. The van der Waals surface area contributed by atoms with E-state index in [1.165, 1.54) is 12.1 Å². The zero-order valence-electron chi connectivity index (χ0n) is 12.7. The first-order chi connectivity index (χ1) is 11.2. The van der Waals surface area contributed by atoms with E-state index in [0.717, 1.165) is 30.2 Å². The quantitative estimate of drug-likeness (QED) is 0.913. The molecule has 1 atom stereocenters. The first kappa shape index (κ1) is 16.1. The van der Waals surface area contributed by atoms with Crippen LogP contribution in [0.25, 0.3) is 0 Å². The Morgan fingerprint density at radius 1 is 1.35 bits per heavy atom. The molecule has 2 aromatic rings. The van der Waals surface area contributed by atoms with E-state index in [2.05, 4.69) is 10.2 Å². The summed E-state index contributed by atoms with van der Waals surface area (Å²) in [5.74, 6) is 1.51. The van der Waals surface area contributed by atoms with Crippen molar-refractivity contribution in [2.75, 3.05) is 31.1 Å². The number of furan rings is 1. The van der Waals surface area contributed by atoms with Crippen LogP contribution in [-0.4, -0.2) is 41.9 Å². The molecule has 23 heavy (non-hydrogen) atoms. The predicted molar refractivity (Wildman–Crippen MR) is 89.1 cm³/mol. The summed E-state index contributed by atoms with van der Waals surface area (Å²) in [6.45, 7) is 2.44. The second-order valence-corrected chi connectivity index (χ2v) is 6.67. The van der Waals surface area contributed by atoms with Crippen LogP contribution in [-0.2, 0) is 0 Å². The zero-order valence-corrected chi connectivity index (χ0v) is 13.5. The van der Waals surface area contributed by atoms with Gasteiger partial charge in [0.2, 0.25) is 0 Å². The monoisotopic (exact) mass is 334 g/mol. The molecule has 3 rings (SSSR count). The molecule has 0 aliphatic carbocycles. The topological polar surface area (TPSA) is 45.5 Å². The van der Waals surface area contributed by atoms with Crippen molar-refractivity contribution in [2.45, 2.75) is 6.04 Å². The Balaban J connectivity index is 1.67. The van der Waals surface area contributed by atoms with Gasteiger partial charge in [0.1, 0.15) is 5.82 Å². The molecule has 122 valence electrons. The van der Waals surface area contributed by atoms with Crippen LogP contribution in [0, 0.1) is 5.82 Å². The molecular weight excluding hydrogens is 315 g/mol. The highest BCUT2D eigenvalue weighted by molar-refractivity contribution is 7.99. The van der Waals surface area contributed by atoms with Crippen molar-refractivity contribution >= 4 is 17.7 Å². The van der Waals surface area contributed by atoms with Gasteiger partial charge in [-0.15, -0.1) is 0 Å². The molecule has 6 heteroatoms. The van der Waals surface area contributed by atoms with Crippen molar-refractivity contribution in [3.63, 3.8) is 0 Å². The largest absolute Gasteiger partial charge is 0.472 e. The van der Waals surface area contributed by atoms with E-state index >= 15 is 0 Å². The van der Waals surface area contributed by atoms with E-state index < -0.39 is 5.82 Å². The van der Waals surface area contributed by atoms with E-state index in [9.17, 15) is 9.18 Å². The normalized spacial score (nSPS) is 16.9. The molecule has 0 radical (unpaired) electrons. The van der Waals surface area contributed by atoms with Gasteiger partial charge >= 0.3 is 0 Å². The molecule has 1 unspecified atom stereocenters. The number of hydrogen-bond donors (Lipinski definition) is 1. The maximum Gasteiger partial charge on any atom is 0.251 e. The van der Waals surface area contributed by atoms with E-state index in [-0.39, 0.29) is 11.9 Å². The summed E-state index contributed by atoms with van der Waals surface area (Å²) in [6.07, 6.45) is 3.37. The lowest BCUT2D eigenvalue weighted by atomic mass is 10.1. The molecule has 1 N–H and O–H groups in total. The molecule has 1 aliphatic rings. The fraction of sp³-hybridized carbons (Fsp3) is 0.353. The summed E-state index contributed by atoms with van der Waals surface area (Å²) >= 11 is 1.94. The summed E-state index contributed by atoms with van der Waals surface area (Å²) in [5, 5.41) is 2.92. The lowest BCUT2D eigenvalue weighted by Crippen LogP contribution is -2.41. The Hall–Kier alpha value is -1.79. The van der Waals surface area contributed by atoms with Crippen molar-refractivity contribution in [3.8, 4) is 0 Å². The number of benzene rings is 1. The van der Waals surface area contributed by atoms with Gasteiger partial charge in [-0.25, -0.2) is 4.39 Å². The smallest absolute Gasteiger partial charge is 0.251 e. The molecule has 1 aliphatic heterocycles. The number of nitrogens with zero attached hydrogens (tertiary/aromatic N) is 1. The first-order valence-electron chi connectivity index (χ1n) is 7.62. The average molecular weight is 334 g/mol. The maximum atomic E-state index is 13.2. The number of amides is 1. The molecule has 1 fully saturated rings. The standard InChI is InChI=1S/C17H19FN2O2S/c18-15-3-1-2-13(10-15)17(21)19-11-16(14-4-7-22-12-14)20-5-8-23-9-6-20/h1-4,7,10,12,16H,5-6,8-9,11H2,(H,19,21). The first-order valence-corrected chi connectivity index (χ1v) is 8.77. The van der Waals surface area contributed by atoms with Crippen molar-refractivity contribution < 1.29 is 13.6 Å². The number of halogens is 1. The molecule has 4 nitrogen and oxygen atoms in total. The van der Waals surface area contributed by atoms with E-state index in [1.54, 1.807) is 24.7 Å². The average Bonchev–Trinajstić information content (AvgIpc) is 3.10. The van der Waals surface area contributed by atoms with Crippen molar-refractivity contribution in [1.82, 2.24) is 10.2 Å². The SMILES string of the molecule is O=C(NCC(c1ccoc1)N1CCSCC1)c1cccc(F)c1. The Morgan fingerprint density at radius 3 is 2.87 bits per heavy atom. The van der Waals surface area contributed by atoms with Crippen LogP contribution >= 0.6 is 11.8 Å². The predicted octanol–water partition coefficient (Wildman–Crippen LogP) is 2.94. The summed E-state index contributed by atoms with van der Waals surface area (Å²) < 4.78 is 18.4. The van der Waals surface area contributed by atoms with Crippen LogP contribution < -0.4 is 5.32 Å². The minimum atomic E-state index is -0.405. The van der Waals surface area contributed by atoms with E-state index in [4.69, 9.17) is 4.42 Å². The second kappa shape index (κ2) is 7.66. The Labute approximate surface area is 139 Å². The third kappa shape index (κ3) is 4.14. The van der Waals surface area contributed by atoms with E-state index in [1.807, 2.05) is 17.8 Å². The fourth-order valence-electron chi connectivity index (χ4n) is 2.73. The van der Waals surface area contributed by atoms with Crippen LogP contribution in [0.1, 0.15) is 22.0 Å². The molecule has 0 spiro atoms. The number of carbonyl (C=O) groups excluding carboxylic acids is 1. The van der Waals surface area contributed by atoms with Gasteiger partial charge in [0.25, 0.3) is 5.91 Å². The van der Waals surface area contributed by atoms with Crippen molar-refractivity contribution in [3.05, 3.63) is 59.8 Å². The number of hydrogen-bond acceptors (Lipinski definition) is 4. The molecule has 1 saturated heterocycles. The van der Waals surface area contributed by atoms with E-state index in [0.29, 0.717) is 12.1 Å². The number of thioether (sulfide) groups is 1.